The lowest BCUT2D eigenvalue weighted by atomic mass is 9.72. The second-order valence-corrected chi connectivity index (χ2v) is 8.19. The monoisotopic (exact) mass is 382 g/mol. The lowest BCUT2D eigenvalue weighted by Crippen LogP contribution is -2.41. The van der Waals surface area contributed by atoms with Gasteiger partial charge in [-0.1, -0.05) is 37.0 Å². The van der Waals surface area contributed by atoms with Gasteiger partial charge in [-0.2, -0.15) is 0 Å². The SMILES string of the molecule is CC/C(C#Cc1ccccc1)=C(/CC(C)OC(C)=O)B1OC(C)(C)C(C)(C)O1. The van der Waals surface area contributed by atoms with Crippen molar-refractivity contribution < 1.29 is 18.8 Å². The van der Waals surface area contributed by atoms with Crippen LogP contribution >= 0.6 is 0 Å². The van der Waals surface area contributed by atoms with Crippen LogP contribution in [0.3, 0.4) is 0 Å². The molecule has 4 nitrogen and oxygen atoms in total. The van der Waals surface area contributed by atoms with Crippen LogP contribution in [0.5, 0.6) is 0 Å². The predicted molar refractivity (Wildman–Crippen MR) is 113 cm³/mol. The average Bonchev–Trinajstić information content (AvgIpc) is 2.82. The van der Waals surface area contributed by atoms with E-state index < -0.39 is 18.3 Å². The van der Waals surface area contributed by atoms with Crippen molar-refractivity contribution in [3.63, 3.8) is 0 Å². The Morgan fingerprint density at radius 2 is 1.71 bits per heavy atom. The van der Waals surface area contributed by atoms with E-state index in [0.717, 1.165) is 23.0 Å². The molecule has 2 rings (SSSR count). The highest BCUT2D eigenvalue weighted by Crippen LogP contribution is 2.40. The first-order chi connectivity index (χ1) is 13.1. The summed E-state index contributed by atoms with van der Waals surface area (Å²) in [6, 6.07) is 9.87. The van der Waals surface area contributed by atoms with Gasteiger partial charge in [0.05, 0.1) is 11.2 Å². The number of allylic oxidation sites excluding steroid dienone is 1. The number of ether oxygens (including phenoxy) is 1. The molecule has 1 heterocycles. The standard InChI is InChI=1S/C23H31BO4/c1-8-20(15-14-19-12-10-9-11-13-19)21(16-17(2)26-18(3)25)24-27-22(4,5)23(6,7)28-24/h9-13,17H,8,16H2,1-7H3/b21-20+. The summed E-state index contributed by atoms with van der Waals surface area (Å²) in [6.45, 7) is 13.5. The van der Waals surface area contributed by atoms with Crippen LogP contribution in [0.15, 0.2) is 41.4 Å². The van der Waals surface area contributed by atoms with Crippen LogP contribution in [0.25, 0.3) is 0 Å². The summed E-state index contributed by atoms with van der Waals surface area (Å²) in [5, 5.41) is 0. The van der Waals surface area contributed by atoms with Gasteiger partial charge in [0.15, 0.2) is 0 Å². The fourth-order valence-electron chi connectivity index (χ4n) is 3.05. The molecule has 0 aliphatic carbocycles. The molecule has 150 valence electrons. The normalized spacial score (nSPS) is 19.3. The zero-order chi connectivity index (χ0) is 20.9. The third kappa shape index (κ3) is 5.50. The molecule has 0 amide bonds. The van der Waals surface area contributed by atoms with Crippen molar-refractivity contribution in [2.45, 2.75) is 78.6 Å². The maximum absolute atomic E-state index is 11.4. The third-order valence-electron chi connectivity index (χ3n) is 5.28. The minimum absolute atomic E-state index is 0.286. The van der Waals surface area contributed by atoms with Crippen molar-refractivity contribution >= 4 is 13.1 Å². The molecule has 1 fully saturated rings. The topological polar surface area (TPSA) is 44.8 Å². The molecule has 28 heavy (non-hydrogen) atoms. The van der Waals surface area contributed by atoms with E-state index in [1.54, 1.807) is 0 Å². The molecular formula is C23H31BO4. The molecule has 0 spiro atoms. The van der Waals surface area contributed by atoms with Crippen molar-refractivity contribution in [1.82, 2.24) is 0 Å². The van der Waals surface area contributed by atoms with E-state index in [1.807, 2.05) is 65.0 Å². The van der Waals surface area contributed by atoms with Gasteiger partial charge >= 0.3 is 13.1 Å². The molecule has 1 aliphatic rings. The predicted octanol–water partition coefficient (Wildman–Crippen LogP) is 4.72. The highest BCUT2D eigenvalue weighted by Gasteiger charge is 2.52. The molecule has 1 aliphatic heterocycles. The van der Waals surface area contributed by atoms with Gasteiger partial charge in [-0.3, -0.25) is 4.79 Å². The molecule has 0 N–H and O–H groups in total. The third-order valence-corrected chi connectivity index (χ3v) is 5.28. The summed E-state index contributed by atoms with van der Waals surface area (Å²) in [7, 11) is -0.511. The Hall–Kier alpha value is -2.03. The van der Waals surface area contributed by atoms with E-state index in [2.05, 4.69) is 18.8 Å². The molecule has 1 saturated heterocycles. The van der Waals surface area contributed by atoms with E-state index >= 15 is 0 Å². The first-order valence-electron chi connectivity index (χ1n) is 9.87. The zero-order valence-corrected chi connectivity index (χ0v) is 18.1. The lowest BCUT2D eigenvalue weighted by molar-refractivity contribution is -0.145. The number of esters is 1. The van der Waals surface area contributed by atoms with Crippen molar-refractivity contribution in [1.29, 1.82) is 0 Å². The molecule has 1 aromatic carbocycles. The van der Waals surface area contributed by atoms with Crippen LogP contribution in [0.1, 0.15) is 66.9 Å². The molecule has 1 aromatic rings. The van der Waals surface area contributed by atoms with Crippen LogP contribution in [0.2, 0.25) is 0 Å². The number of benzene rings is 1. The van der Waals surface area contributed by atoms with Crippen molar-refractivity contribution in [2.75, 3.05) is 0 Å². The summed E-state index contributed by atoms with van der Waals surface area (Å²) in [6.07, 6.45) is 0.973. The smallest absolute Gasteiger partial charge is 0.463 e. The minimum atomic E-state index is -0.511. The van der Waals surface area contributed by atoms with E-state index in [4.69, 9.17) is 14.0 Å². The number of rotatable bonds is 5. The van der Waals surface area contributed by atoms with Gasteiger partial charge in [-0.25, -0.2) is 0 Å². The van der Waals surface area contributed by atoms with Crippen LogP contribution in [-0.2, 0) is 18.8 Å². The maximum atomic E-state index is 11.4. The quantitative estimate of drug-likeness (QED) is 0.420. The lowest BCUT2D eigenvalue weighted by Gasteiger charge is -2.32. The fourth-order valence-corrected chi connectivity index (χ4v) is 3.05. The van der Waals surface area contributed by atoms with Gasteiger partial charge in [-0.15, -0.1) is 0 Å². The number of carbonyl (C=O) groups excluding carboxylic acids is 1. The minimum Gasteiger partial charge on any atom is -0.463 e. The molecule has 0 aromatic heterocycles. The fraction of sp³-hybridized carbons (Fsp3) is 0.522. The largest absolute Gasteiger partial charge is 0.491 e. The van der Waals surface area contributed by atoms with Gasteiger partial charge in [-0.05, 0) is 64.2 Å². The Morgan fingerprint density at radius 3 is 2.21 bits per heavy atom. The van der Waals surface area contributed by atoms with Gasteiger partial charge in [0.2, 0.25) is 0 Å². The van der Waals surface area contributed by atoms with Crippen LogP contribution in [0.4, 0.5) is 0 Å². The van der Waals surface area contributed by atoms with E-state index in [0.29, 0.717) is 6.42 Å². The van der Waals surface area contributed by atoms with E-state index in [9.17, 15) is 4.79 Å². The maximum Gasteiger partial charge on any atom is 0.491 e. The molecule has 0 radical (unpaired) electrons. The van der Waals surface area contributed by atoms with E-state index in [1.165, 1.54) is 6.92 Å². The molecule has 1 atom stereocenters. The number of hydrogen-bond acceptors (Lipinski definition) is 4. The zero-order valence-electron chi connectivity index (χ0n) is 18.1. The summed E-state index contributed by atoms with van der Waals surface area (Å²) in [4.78, 5) is 11.4. The van der Waals surface area contributed by atoms with Crippen molar-refractivity contribution in [3.05, 3.63) is 46.9 Å². The van der Waals surface area contributed by atoms with Gasteiger partial charge in [0.25, 0.3) is 0 Å². The Labute approximate surface area is 169 Å². The first kappa shape index (κ1) is 22.3. The van der Waals surface area contributed by atoms with E-state index in [-0.39, 0.29) is 12.1 Å². The molecule has 0 saturated carbocycles. The second kappa shape index (κ2) is 8.98. The highest BCUT2D eigenvalue weighted by molar-refractivity contribution is 6.55. The van der Waals surface area contributed by atoms with Crippen LogP contribution in [-0.4, -0.2) is 30.4 Å². The molecular weight excluding hydrogens is 351 g/mol. The Kier molecular flexibility index (Phi) is 7.14. The molecule has 1 unspecified atom stereocenters. The van der Waals surface area contributed by atoms with Crippen molar-refractivity contribution in [2.24, 2.45) is 0 Å². The number of carbonyl (C=O) groups is 1. The van der Waals surface area contributed by atoms with Crippen LogP contribution < -0.4 is 0 Å². The first-order valence-corrected chi connectivity index (χ1v) is 9.87. The van der Waals surface area contributed by atoms with Crippen LogP contribution in [0, 0.1) is 11.8 Å². The van der Waals surface area contributed by atoms with Crippen molar-refractivity contribution in [3.8, 4) is 11.8 Å². The van der Waals surface area contributed by atoms with Gasteiger partial charge in [0, 0.05) is 18.9 Å². The Bertz CT molecular complexity index is 768. The Morgan fingerprint density at radius 1 is 1.14 bits per heavy atom. The average molecular weight is 382 g/mol. The summed E-state index contributed by atoms with van der Waals surface area (Å²) >= 11 is 0. The summed E-state index contributed by atoms with van der Waals surface area (Å²) in [5.41, 5.74) is 1.97. The second-order valence-electron chi connectivity index (χ2n) is 8.19. The van der Waals surface area contributed by atoms with Gasteiger partial charge < -0.3 is 14.0 Å². The Balaban J connectivity index is 2.42. The summed E-state index contributed by atoms with van der Waals surface area (Å²) < 4.78 is 17.9. The summed E-state index contributed by atoms with van der Waals surface area (Å²) in [5.74, 6) is 6.24. The number of hydrogen-bond donors (Lipinski definition) is 0. The van der Waals surface area contributed by atoms with Gasteiger partial charge in [0.1, 0.15) is 6.10 Å². The molecule has 5 heteroatoms. The molecule has 0 bridgehead atoms. The highest BCUT2D eigenvalue weighted by atomic mass is 16.7.